The smallest absolute Gasteiger partial charge is 0.307 e. The molecule has 4 saturated carbocycles. The van der Waals surface area contributed by atoms with Crippen molar-refractivity contribution >= 4 is 5.97 Å². The van der Waals surface area contributed by atoms with Crippen LogP contribution in [0.2, 0.25) is 0 Å². The fraction of sp³-hybridized carbons (Fsp3) is 0.800. The van der Waals surface area contributed by atoms with Crippen LogP contribution < -0.4 is 0 Å². The van der Waals surface area contributed by atoms with Crippen LogP contribution in [0.25, 0.3) is 0 Å². The van der Waals surface area contributed by atoms with Crippen molar-refractivity contribution in [2.75, 3.05) is 0 Å². The molecule has 4 aliphatic carbocycles. The van der Waals surface area contributed by atoms with Gasteiger partial charge in [-0.05, 0) is 68.1 Å². The second-order valence-corrected chi connectivity index (χ2v) is 6.91. The molecule has 94 valence electrons. The Morgan fingerprint density at radius 2 is 1.59 bits per heavy atom. The molecule has 0 unspecified atom stereocenters. The molecule has 2 heteroatoms. The fourth-order valence-electron chi connectivity index (χ4n) is 5.31. The van der Waals surface area contributed by atoms with Gasteiger partial charge < -0.3 is 5.11 Å². The van der Waals surface area contributed by atoms with Crippen LogP contribution in [-0.2, 0) is 4.79 Å². The van der Waals surface area contributed by atoms with Gasteiger partial charge in [-0.1, -0.05) is 12.2 Å². The lowest BCUT2D eigenvalue weighted by Gasteiger charge is -2.57. The molecular formula is C15H22O2. The van der Waals surface area contributed by atoms with Gasteiger partial charge >= 0.3 is 5.97 Å². The van der Waals surface area contributed by atoms with E-state index in [4.69, 9.17) is 5.11 Å². The summed E-state index contributed by atoms with van der Waals surface area (Å²) in [5.41, 5.74) is 1.39. The highest BCUT2D eigenvalue weighted by atomic mass is 16.4. The molecule has 4 bridgehead atoms. The predicted octanol–water partition coefficient (Wildman–Crippen LogP) is 3.62. The third-order valence-corrected chi connectivity index (χ3v) is 5.19. The second-order valence-electron chi connectivity index (χ2n) is 6.91. The molecule has 1 N–H and O–H groups in total. The van der Waals surface area contributed by atoms with Gasteiger partial charge in [0.25, 0.3) is 0 Å². The first-order valence-corrected chi connectivity index (χ1v) is 6.93. The van der Waals surface area contributed by atoms with Gasteiger partial charge in [0.2, 0.25) is 0 Å². The van der Waals surface area contributed by atoms with Gasteiger partial charge in [0.1, 0.15) is 0 Å². The maximum absolute atomic E-state index is 10.7. The fourth-order valence-corrected chi connectivity index (χ4v) is 5.31. The van der Waals surface area contributed by atoms with Gasteiger partial charge in [0.05, 0.1) is 6.42 Å². The summed E-state index contributed by atoms with van der Waals surface area (Å²) in [5.74, 6) is 2.11. The van der Waals surface area contributed by atoms with Crippen LogP contribution in [0.15, 0.2) is 12.2 Å². The standard InChI is InChI=1S/C15H22O2/c1-10(2-14(16)17)6-15-7-11-3-12(8-15)5-13(4-11)9-15/h11-13H,1-9H2,(H,16,17). The van der Waals surface area contributed by atoms with E-state index in [1.165, 1.54) is 38.5 Å². The number of hydrogen-bond acceptors (Lipinski definition) is 1. The number of carboxylic acids is 1. The van der Waals surface area contributed by atoms with Crippen molar-refractivity contribution in [2.24, 2.45) is 23.2 Å². The summed E-state index contributed by atoms with van der Waals surface area (Å²) < 4.78 is 0. The molecule has 0 aromatic rings. The minimum absolute atomic E-state index is 0.168. The highest BCUT2D eigenvalue weighted by molar-refractivity contribution is 5.69. The van der Waals surface area contributed by atoms with E-state index in [-0.39, 0.29) is 6.42 Å². The normalized spacial score (nSPS) is 42.7. The Morgan fingerprint density at radius 1 is 1.12 bits per heavy atom. The highest BCUT2D eigenvalue weighted by Gasteiger charge is 2.50. The molecule has 2 nitrogen and oxygen atoms in total. The second kappa shape index (κ2) is 3.86. The highest BCUT2D eigenvalue weighted by Crippen LogP contribution is 2.62. The number of aliphatic carboxylic acids is 1. The van der Waals surface area contributed by atoms with Crippen molar-refractivity contribution in [1.82, 2.24) is 0 Å². The number of carboxylic acid groups (broad SMARTS) is 1. The molecule has 0 radical (unpaired) electrons. The third-order valence-electron chi connectivity index (χ3n) is 5.19. The van der Waals surface area contributed by atoms with E-state index in [9.17, 15) is 4.79 Å². The van der Waals surface area contributed by atoms with E-state index in [0.29, 0.717) is 5.41 Å². The molecule has 0 heterocycles. The number of hydrogen-bond donors (Lipinski definition) is 1. The Kier molecular flexibility index (Phi) is 2.57. The summed E-state index contributed by atoms with van der Waals surface area (Å²) in [4.78, 5) is 10.7. The average molecular weight is 234 g/mol. The summed E-state index contributed by atoms with van der Waals surface area (Å²) in [6.07, 6.45) is 9.53. The molecule has 0 spiro atoms. The lowest BCUT2D eigenvalue weighted by Crippen LogP contribution is -2.46. The van der Waals surface area contributed by atoms with Gasteiger partial charge in [-0.25, -0.2) is 0 Å². The Bertz CT molecular complexity index is 321. The average Bonchev–Trinajstić information content (AvgIpc) is 2.11. The Hall–Kier alpha value is -0.790. The minimum Gasteiger partial charge on any atom is -0.481 e. The quantitative estimate of drug-likeness (QED) is 0.754. The maximum Gasteiger partial charge on any atom is 0.307 e. The molecule has 4 aliphatic rings. The largest absolute Gasteiger partial charge is 0.481 e. The zero-order chi connectivity index (χ0) is 12.0. The van der Waals surface area contributed by atoms with Gasteiger partial charge in [-0.2, -0.15) is 0 Å². The minimum atomic E-state index is -0.722. The first kappa shape index (κ1) is 11.3. The summed E-state index contributed by atoms with van der Waals surface area (Å²) in [5, 5.41) is 8.84. The van der Waals surface area contributed by atoms with Crippen LogP contribution in [0.1, 0.15) is 51.4 Å². The topological polar surface area (TPSA) is 37.3 Å². The zero-order valence-corrected chi connectivity index (χ0v) is 10.5. The van der Waals surface area contributed by atoms with Crippen molar-refractivity contribution in [3.8, 4) is 0 Å². The van der Waals surface area contributed by atoms with Crippen LogP contribution in [-0.4, -0.2) is 11.1 Å². The third kappa shape index (κ3) is 2.14. The molecule has 17 heavy (non-hydrogen) atoms. The zero-order valence-electron chi connectivity index (χ0n) is 10.5. The van der Waals surface area contributed by atoms with Crippen LogP contribution in [0.4, 0.5) is 0 Å². The van der Waals surface area contributed by atoms with Gasteiger partial charge in [0, 0.05) is 0 Å². The number of carbonyl (C=O) groups is 1. The van der Waals surface area contributed by atoms with Crippen LogP contribution in [0.5, 0.6) is 0 Å². The molecule has 0 aromatic heterocycles. The van der Waals surface area contributed by atoms with E-state index in [1.54, 1.807) is 0 Å². The first-order chi connectivity index (χ1) is 8.05. The van der Waals surface area contributed by atoms with Gasteiger partial charge in [-0.15, -0.1) is 0 Å². The molecule has 0 amide bonds. The van der Waals surface area contributed by atoms with Crippen molar-refractivity contribution in [3.63, 3.8) is 0 Å². The van der Waals surface area contributed by atoms with E-state index in [2.05, 4.69) is 6.58 Å². The number of rotatable bonds is 4. The Balaban J connectivity index is 1.70. The van der Waals surface area contributed by atoms with E-state index >= 15 is 0 Å². The lowest BCUT2D eigenvalue weighted by atomic mass is 9.48. The molecular weight excluding hydrogens is 212 g/mol. The van der Waals surface area contributed by atoms with Gasteiger partial charge in [0.15, 0.2) is 0 Å². The molecule has 0 saturated heterocycles. The van der Waals surface area contributed by atoms with Crippen molar-refractivity contribution < 1.29 is 9.90 Å². The molecule has 0 aromatic carbocycles. The lowest BCUT2D eigenvalue weighted by molar-refractivity contribution is -0.136. The van der Waals surface area contributed by atoms with Gasteiger partial charge in [-0.3, -0.25) is 4.79 Å². The molecule has 0 atom stereocenters. The monoisotopic (exact) mass is 234 g/mol. The Labute approximate surface area is 103 Å². The summed E-state index contributed by atoms with van der Waals surface area (Å²) in [6, 6.07) is 0. The summed E-state index contributed by atoms with van der Waals surface area (Å²) >= 11 is 0. The maximum atomic E-state index is 10.7. The predicted molar refractivity (Wildman–Crippen MR) is 66.6 cm³/mol. The van der Waals surface area contributed by atoms with E-state index in [1.807, 2.05) is 0 Å². The van der Waals surface area contributed by atoms with Crippen molar-refractivity contribution in [1.29, 1.82) is 0 Å². The van der Waals surface area contributed by atoms with Crippen molar-refractivity contribution in [2.45, 2.75) is 51.4 Å². The molecule has 0 aliphatic heterocycles. The molecule has 4 fully saturated rings. The van der Waals surface area contributed by atoms with Crippen LogP contribution in [0.3, 0.4) is 0 Å². The van der Waals surface area contributed by atoms with Crippen LogP contribution >= 0.6 is 0 Å². The van der Waals surface area contributed by atoms with Crippen LogP contribution in [0, 0.1) is 23.2 Å². The SMILES string of the molecule is C=C(CC(=O)O)CC12CC3CC(CC(C3)C1)C2. The summed E-state index contributed by atoms with van der Waals surface area (Å²) in [6.45, 7) is 3.99. The van der Waals surface area contributed by atoms with Crippen molar-refractivity contribution in [3.05, 3.63) is 12.2 Å². The van der Waals surface area contributed by atoms with E-state index < -0.39 is 5.97 Å². The van der Waals surface area contributed by atoms with E-state index in [0.717, 1.165) is 29.7 Å². The molecule has 4 rings (SSSR count). The summed E-state index contributed by atoms with van der Waals surface area (Å²) in [7, 11) is 0. The Morgan fingerprint density at radius 3 is 2.00 bits per heavy atom. The first-order valence-electron chi connectivity index (χ1n) is 6.93.